The van der Waals surface area contributed by atoms with Gasteiger partial charge < -0.3 is 9.88 Å². The second-order valence-corrected chi connectivity index (χ2v) is 5.91. The van der Waals surface area contributed by atoms with Gasteiger partial charge in [-0.15, -0.1) is 0 Å². The van der Waals surface area contributed by atoms with E-state index < -0.39 is 0 Å². The van der Waals surface area contributed by atoms with Crippen LogP contribution < -0.4 is 10.9 Å². The number of hydrogen-bond donors (Lipinski definition) is 2. The van der Waals surface area contributed by atoms with Gasteiger partial charge in [-0.3, -0.25) is 9.78 Å². The average molecular weight is 309 g/mol. The van der Waals surface area contributed by atoms with Crippen LogP contribution in [0.5, 0.6) is 0 Å². The molecule has 6 nitrogen and oxygen atoms in total. The first-order valence-electron chi connectivity index (χ1n) is 8.07. The molecule has 0 bridgehead atoms. The average Bonchev–Trinajstić information content (AvgIpc) is 2.98. The van der Waals surface area contributed by atoms with E-state index in [-0.39, 0.29) is 5.56 Å². The van der Waals surface area contributed by atoms with Crippen LogP contribution in [0, 0.1) is 0 Å². The first-order chi connectivity index (χ1) is 11.3. The lowest BCUT2D eigenvalue weighted by Gasteiger charge is -2.11. The Labute approximate surface area is 133 Å². The number of aromatic amines is 1. The fourth-order valence-electron chi connectivity index (χ4n) is 3.07. The van der Waals surface area contributed by atoms with E-state index in [1.165, 1.54) is 18.7 Å². The maximum Gasteiger partial charge on any atom is 0.260 e. The maximum atomic E-state index is 12.0. The first kappa shape index (κ1) is 14.0. The Morgan fingerprint density at radius 3 is 3.04 bits per heavy atom. The molecular formula is C17H19N5O. The SMILES string of the molecule is O=c1[nH]c(NCCc2cn3c(n2)CCCC3)nc2ccccc12. The van der Waals surface area contributed by atoms with Gasteiger partial charge in [-0.05, 0) is 25.0 Å². The van der Waals surface area contributed by atoms with E-state index in [9.17, 15) is 4.79 Å². The van der Waals surface area contributed by atoms with Crippen molar-refractivity contribution in [3.8, 4) is 0 Å². The van der Waals surface area contributed by atoms with Crippen LogP contribution >= 0.6 is 0 Å². The van der Waals surface area contributed by atoms with Crippen molar-refractivity contribution in [1.82, 2.24) is 19.5 Å². The molecule has 1 aliphatic rings. The minimum absolute atomic E-state index is 0.115. The summed E-state index contributed by atoms with van der Waals surface area (Å²) in [5.74, 6) is 1.71. The summed E-state index contributed by atoms with van der Waals surface area (Å²) in [5.41, 5.74) is 1.68. The minimum atomic E-state index is -0.115. The Bertz CT molecular complexity index is 872. The zero-order chi connectivity index (χ0) is 15.6. The summed E-state index contributed by atoms with van der Waals surface area (Å²) in [6.45, 7) is 1.77. The second kappa shape index (κ2) is 5.87. The molecule has 0 atom stereocenters. The van der Waals surface area contributed by atoms with Gasteiger partial charge in [-0.25, -0.2) is 9.97 Å². The van der Waals surface area contributed by atoms with Crippen molar-refractivity contribution in [2.45, 2.75) is 32.2 Å². The smallest absolute Gasteiger partial charge is 0.260 e. The van der Waals surface area contributed by atoms with E-state index in [0.717, 1.165) is 25.1 Å². The third-order valence-electron chi connectivity index (χ3n) is 4.24. The molecule has 2 aromatic heterocycles. The summed E-state index contributed by atoms with van der Waals surface area (Å²) in [7, 11) is 0. The van der Waals surface area contributed by atoms with E-state index in [1.54, 1.807) is 6.07 Å². The molecule has 2 N–H and O–H groups in total. The fraction of sp³-hybridized carbons (Fsp3) is 0.353. The summed E-state index contributed by atoms with van der Waals surface area (Å²) in [6.07, 6.45) is 6.51. The highest BCUT2D eigenvalue weighted by molar-refractivity contribution is 5.78. The molecule has 0 spiro atoms. The summed E-state index contributed by atoms with van der Waals surface area (Å²) in [6, 6.07) is 7.35. The number of benzene rings is 1. The molecule has 3 aromatic rings. The van der Waals surface area contributed by atoms with Crippen molar-refractivity contribution in [3.05, 3.63) is 52.3 Å². The molecule has 4 rings (SSSR count). The molecule has 118 valence electrons. The van der Waals surface area contributed by atoms with Crippen LogP contribution in [0.2, 0.25) is 0 Å². The van der Waals surface area contributed by atoms with Crippen molar-refractivity contribution < 1.29 is 0 Å². The number of aromatic nitrogens is 4. The number of hydrogen-bond acceptors (Lipinski definition) is 4. The summed E-state index contributed by atoms with van der Waals surface area (Å²) < 4.78 is 2.26. The third kappa shape index (κ3) is 2.84. The molecule has 0 radical (unpaired) electrons. The quantitative estimate of drug-likeness (QED) is 0.774. The van der Waals surface area contributed by atoms with Crippen LogP contribution in [0.4, 0.5) is 5.95 Å². The molecule has 0 saturated heterocycles. The highest BCUT2D eigenvalue weighted by atomic mass is 16.1. The Morgan fingerprint density at radius 2 is 2.13 bits per heavy atom. The summed E-state index contributed by atoms with van der Waals surface area (Å²) in [5, 5.41) is 3.80. The number of fused-ring (bicyclic) bond motifs is 2. The third-order valence-corrected chi connectivity index (χ3v) is 4.24. The van der Waals surface area contributed by atoms with E-state index in [4.69, 9.17) is 0 Å². The first-order valence-corrected chi connectivity index (χ1v) is 8.07. The van der Waals surface area contributed by atoms with E-state index in [1.807, 2.05) is 18.2 Å². The lowest BCUT2D eigenvalue weighted by atomic mass is 10.2. The molecule has 0 amide bonds. The Morgan fingerprint density at radius 1 is 1.22 bits per heavy atom. The monoisotopic (exact) mass is 309 g/mol. The van der Waals surface area contributed by atoms with E-state index in [2.05, 4.69) is 31.0 Å². The standard InChI is InChI=1S/C17H19N5O/c23-16-13-5-1-2-6-14(13)20-17(21-16)18-9-8-12-11-22-10-4-3-7-15(22)19-12/h1-2,5-6,11H,3-4,7-10H2,(H2,18,20,21,23). The maximum absolute atomic E-state index is 12.0. The minimum Gasteiger partial charge on any atom is -0.355 e. The highest BCUT2D eigenvalue weighted by Crippen LogP contribution is 2.15. The number of H-pyrrole nitrogens is 1. The van der Waals surface area contributed by atoms with Crippen LogP contribution in [0.1, 0.15) is 24.4 Å². The number of para-hydroxylation sites is 1. The molecule has 23 heavy (non-hydrogen) atoms. The zero-order valence-corrected chi connectivity index (χ0v) is 12.9. The van der Waals surface area contributed by atoms with Crippen LogP contribution in [0.15, 0.2) is 35.3 Å². The van der Waals surface area contributed by atoms with E-state index in [0.29, 0.717) is 23.4 Å². The molecule has 0 saturated carbocycles. The lowest BCUT2D eigenvalue weighted by Crippen LogP contribution is -2.15. The highest BCUT2D eigenvalue weighted by Gasteiger charge is 2.11. The Kier molecular flexibility index (Phi) is 3.57. The van der Waals surface area contributed by atoms with Crippen molar-refractivity contribution in [2.24, 2.45) is 0 Å². The molecule has 6 heteroatoms. The molecule has 3 heterocycles. The summed E-state index contributed by atoms with van der Waals surface area (Å²) in [4.78, 5) is 23.9. The van der Waals surface area contributed by atoms with Gasteiger partial charge in [0.2, 0.25) is 5.95 Å². The van der Waals surface area contributed by atoms with Crippen LogP contribution in [-0.4, -0.2) is 26.1 Å². The molecule has 0 fully saturated rings. The molecule has 0 unspecified atom stereocenters. The van der Waals surface area contributed by atoms with Crippen LogP contribution in [0.3, 0.4) is 0 Å². The molecule has 1 aliphatic heterocycles. The number of rotatable bonds is 4. The van der Waals surface area contributed by atoms with Crippen molar-refractivity contribution >= 4 is 16.9 Å². The molecule has 1 aromatic carbocycles. The second-order valence-electron chi connectivity index (χ2n) is 5.91. The predicted octanol–water partition coefficient (Wildman–Crippen LogP) is 2.11. The van der Waals surface area contributed by atoms with E-state index >= 15 is 0 Å². The van der Waals surface area contributed by atoms with Crippen molar-refractivity contribution in [1.29, 1.82) is 0 Å². The molecule has 0 aliphatic carbocycles. The number of nitrogens with zero attached hydrogens (tertiary/aromatic N) is 3. The number of anilines is 1. The van der Waals surface area contributed by atoms with Gasteiger partial charge >= 0.3 is 0 Å². The fourth-order valence-corrected chi connectivity index (χ4v) is 3.07. The van der Waals surface area contributed by atoms with Gasteiger partial charge in [0.05, 0.1) is 16.6 Å². The number of imidazole rings is 1. The topological polar surface area (TPSA) is 75.6 Å². The van der Waals surface area contributed by atoms with Crippen molar-refractivity contribution in [3.63, 3.8) is 0 Å². The normalized spacial score (nSPS) is 13.9. The Balaban J connectivity index is 1.45. The van der Waals surface area contributed by atoms with Crippen LogP contribution in [0.25, 0.3) is 10.9 Å². The van der Waals surface area contributed by atoms with Gasteiger partial charge in [0.1, 0.15) is 5.82 Å². The summed E-state index contributed by atoms with van der Waals surface area (Å²) >= 11 is 0. The lowest BCUT2D eigenvalue weighted by molar-refractivity contribution is 0.522. The van der Waals surface area contributed by atoms with Gasteiger partial charge in [-0.2, -0.15) is 0 Å². The van der Waals surface area contributed by atoms with Crippen LogP contribution in [-0.2, 0) is 19.4 Å². The van der Waals surface area contributed by atoms with Crippen molar-refractivity contribution in [2.75, 3.05) is 11.9 Å². The largest absolute Gasteiger partial charge is 0.355 e. The molecular weight excluding hydrogens is 290 g/mol. The number of nitrogens with one attached hydrogen (secondary N) is 2. The number of aryl methyl sites for hydroxylation is 2. The van der Waals surface area contributed by atoms with Gasteiger partial charge in [0.15, 0.2) is 0 Å². The van der Waals surface area contributed by atoms with Gasteiger partial charge in [0.25, 0.3) is 5.56 Å². The Hall–Kier alpha value is -2.63. The van der Waals surface area contributed by atoms with Gasteiger partial charge in [0, 0.05) is 32.1 Å². The van der Waals surface area contributed by atoms with Gasteiger partial charge in [-0.1, -0.05) is 12.1 Å². The zero-order valence-electron chi connectivity index (χ0n) is 12.9. The predicted molar refractivity (Wildman–Crippen MR) is 89.7 cm³/mol.